The molecule has 0 aliphatic rings. The Morgan fingerprint density at radius 3 is 1.41 bits per heavy atom. The molecule has 1 atom stereocenters. The second-order valence-electron chi connectivity index (χ2n) is 9.69. The summed E-state index contributed by atoms with van der Waals surface area (Å²) in [5.74, 6) is -0.981. The Morgan fingerprint density at radius 1 is 0.655 bits per heavy atom. The van der Waals surface area contributed by atoms with Crippen LogP contribution in [-0.4, -0.2) is 17.5 Å². The molecule has 0 saturated carbocycles. The number of primary amides is 1. The van der Waals surface area contributed by atoms with Crippen LogP contribution in [0.25, 0.3) is 0 Å². The van der Waals surface area contributed by atoms with Crippen molar-refractivity contribution in [1.82, 2.24) is 0 Å². The summed E-state index contributed by atoms with van der Waals surface area (Å²) in [6.07, 6.45) is 18.2. The van der Waals surface area contributed by atoms with Gasteiger partial charge in [-0.2, -0.15) is 0 Å². The van der Waals surface area contributed by atoms with Crippen molar-refractivity contribution in [3.05, 3.63) is 0 Å². The molecule has 0 heterocycles. The first kappa shape index (κ1) is 27.9. The van der Waals surface area contributed by atoms with Gasteiger partial charge in [0.05, 0.1) is 0 Å². The Hall–Kier alpha value is -1.06. The molecular formula is C25H49NO3. The highest BCUT2D eigenvalue weighted by atomic mass is 16.6. The van der Waals surface area contributed by atoms with Crippen LogP contribution in [0.2, 0.25) is 0 Å². The number of nitrogens with two attached hydrogens (primary N) is 1. The fourth-order valence-corrected chi connectivity index (χ4v) is 3.92. The number of unbranched alkanes of at least 4 members (excludes halogenated alkanes) is 12. The van der Waals surface area contributed by atoms with E-state index in [2.05, 4.69) is 6.92 Å². The van der Waals surface area contributed by atoms with Crippen molar-refractivity contribution < 1.29 is 14.3 Å². The number of hydrogen-bond acceptors (Lipinski definition) is 3. The van der Waals surface area contributed by atoms with Crippen LogP contribution in [0.5, 0.6) is 0 Å². The maximum absolute atomic E-state index is 12.7. The van der Waals surface area contributed by atoms with E-state index in [1.807, 2.05) is 27.7 Å². The molecule has 0 aliphatic heterocycles. The molecule has 1 amide bonds. The van der Waals surface area contributed by atoms with Crippen molar-refractivity contribution >= 4 is 11.9 Å². The molecule has 0 spiro atoms. The Bertz CT molecular complexity index is 442. The molecule has 2 N–H and O–H groups in total. The van der Waals surface area contributed by atoms with Crippen molar-refractivity contribution in [2.45, 2.75) is 143 Å². The Morgan fingerprint density at radius 2 is 1.07 bits per heavy atom. The highest BCUT2D eigenvalue weighted by molar-refractivity contribution is 6.02. The molecule has 0 rings (SSSR count). The summed E-state index contributed by atoms with van der Waals surface area (Å²) in [6.45, 7) is 9.72. The van der Waals surface area contributed by atoms with Crippen LogP contribution in [0.15, 0.2) is 0 Å². The summed E-state index contributed by atoms with van der Waals surface area (Å²) in [4.78, 5) is 24.9. The van der Waals surface area contributed by atoms with Gasteiger partial charge in [0.1, 0.15) is 11.0 Å². The predicted molar refractivity (Wildman–Crippen MR) is 123 cm³/mol. The molecule has 4 nitrogen and oxygen atoms in total. The minimum Gasteiger partial charge on any atom is -0.459 e. The molecule has 0 fully saturated rings. The predicted octanol–water partition coefficient (Wildman–Crippen LogP) is 7.08. The number of hydrogen-bond donors (Lipinski definition) is 1. The van der Waals surface area contributed by atoms with Crippen molar-refractivity contribution in [3.8, 4) is 0 Å². The van der Waals surface area contributed by atoms with E-state index in [1.165, 1.54) is 64.2 Å². The van der Waals surface area contributed by atoms with E-state index in [4.69, 9.17) is 10.5 Å². The van der Waals surface area contributed by atoms with Crippen LogP contribution in [0.4, 0.5) is 0 Å². The number of esters is 1. The van der Waals surface area contributed by atoms with Gasteiger partial charge in [-0.25, -0.2) is 0 Å². The molecule has 0 bridgehead atoms. The van der Waals surface area contributed by atoms with Crippen LogP contribution in [0.3, 0.4) is 0 Å². The lowest BCUT2D eigenvalue weighted by atomic mass is 9.77. The standard InChI is InChI=1S/C25H49NO3/c1-6-8-9-10-11-12-13-14-15-16-17-18-19-21-25(20-7-2,22(26)27)23(28)29-24(3,4)5/h6-21H2,1-5H3,(H2,26,27). The maximum atomic E-state index is 12.7. The van der Waals surface area contributed by atoms with E-state index in [1.54, 1.807) is 0 Å². The second kappa shape index (κ2) is 15.7. The van der Waals surface area contributed by atoms with Gasteiger partial charge in [0, 0.05) is 0 Å². The zero-order valence-corrected chi connectivity index (χ0v) is 20.1. The van der Waals surface area contributed by atoms with E-state index in [-0.39, 0.29) is 0 Å². The molecule has 0 radical (unpaired) electrons. The zero-order chi connectivity index (χ0) is 22.2. The van der Waals surface area contributed by atoms with E-state index in [0.717, 1.165) is 25.7 Å². The third-order valence-electron chi connectivity index (χ3n) is 5.65. The summed E-state index contributed by atoms with van der Waals surface area (Å²) >= 11 is 0. The fraction of sp³-hybridized carbons (Fsp3) is 0.920. The van der Waals surface area contributed by atoms with Crippen molar-refractivity contribution in [1.29, 1.82) is 0 Å². The quantitative estimate of drug-likeness (QED) is 0.149. The number of carbonyl (C=O) groups is 2. The van der Waals surface area contributed by atoms with Crippen LogP contribution in [-0.2, 0) is 14.3 Å². The third kappa shape index (κ3) is 13.0. The van der Waals surface area contributed by atoms with Crippen LogP contribution in [0, 0.1) is 5.41 Å². The first-order chi connectivity index (χ1) is 13.7. The van der Waals surface area contributed by atoms with Gasteiger partial charge >= 0.3 is 5.97 Å². The van der Waals surface area contributed by atoms with Gasteiger partial charge in [-0.15, -0.1) is 0 Å². The van der Waals surface area contributed by atoms with Gasteiger partial charge in [0.15, 0.2) is 0 Å². The summed E-state index contributed by atoms with van der Waals surface area (Å²) < 4.78 is 5.54. The van der Waals surface area contributed by atoms with Crippen LogP contribution < -0.4 is 5.73 Å². The average Bonchev–Trinajstić information content (AvgIpc) is 2.62. The summed E-state index contributed by atoms with van der Waals surface area (Å²) in [7, 11) is 0. The zero-order valence-electron chi connectivity index (χ0n) is 20.1. The second-order valence-corrected chi connectivity index (χ2v) is 9.69. The molecule has 0 saturated heterocycles. The minimum atomic E-state index is -1.17. The Kier molecular flexibility index (Phi) is 15.2. The molecule has 1 unspecified atom stereocenters. The fourth-order valence-electron chi connectivity index (χ4n) is 3.92. The summed E-state index contributed by atoms with van der Waals surface area (Å²) in [6, 6.07) is 0. The highest BCUT2D eigenvalue weighted by Crippen LogP contribution is 2.34. The smallest absolute Gasteiger partial charge is 0.322 e. The first-order valence-electron chi connectivity index (χ1n) is 12.2. The van der Waals surface area contributed by atoms with E-state index < -0.39 is 22.9 Å². The van der Waals surface area contributed by atoms with Crippen LogP contribution in [0.1, 0.15) is 137 Å². The normalized spacial score (nSPS) is 13.8. The van der Waals surface area contributed by atoms with Gasteiger partial charge in [0.25, 0.3) is 0 Å². The van der Waals surface area contributed by atoms with Gasteiger partial charge in [-0.1, -0.05) is 104 Å². The van der Waals surface area contributed by atoms with Gasteiger partial charge < -0.3 is 10.5 Å². The minimum absolute atomic E-state index is 0.446. The lowest BCUT2D eigenvalue weighted by molar-refractivity contribution is -0.171. The van der Waals surface area contributed by atoms with E-state index in [0.29, 0.717) is 12.8 Å². The van der Waals surface area contributed by atoms with Crippen molar-refractivity contribution in [3.63, 3.8) is 0 Å². The molecule has 0 aromatic carbocycles. The van der Waals surface area contributed by atoms with Crippen LogP contribution >= 0.6 is 0 Å². The van der Waals surface area contributed by atoms with Crippen molar-refractivity contribution in [2.24, 2.45) is 11.1 Å². The maximum Gasteiger partial charge on any atom is 0.322 e. The molecule has 0 aromatic rings. The lowest BCUT2D eigenvalue weighted by Gasteiger charge is -2.32. The summed E-state index contributed by atoms with van der Waals surface area (Å²) in [5.41, 5.74) is 3.91. The third-order valence-corrected chi connectivity index (χ3v) is 5.65. The monoisotopic (exact) mass is 411 g/mol. The average molecular weight is 412 g/mol. The van der Waals surface area contributed by atoms with Gasteiger partial charge in [0.2, 0.25) is 5.91 Å². The Balaban J connectivity index is 4.11. The van der Waals surface area contributed by atoms with Gasteiger partial charge in [-0.3, -0.25) is 9.59 Å². The number of carbonyl (C=O) groups excluding carboxylic acids is 2. The van der Waals surface area contributed by atoms with E-state index >= 15 is 0 Å². The molecule has 4 heteroatoms. The molecular weight excluding hydrogens is 362 g/mol. The summed E-state index contributed by atoms with van der Waals surface area (Å²) in [5, 5.41) is 0. The molecule has 29 heavy (non-hydrogen) atoms. The lowest BCUT2D eigenvalue weighted by Crippen LogP contribution is -2.47. The highest BCUT2D eigenvalue weighted by Gasteiger charge is 2.45. The number of ether oxygens (including phenoxy) is 1. The van der Waals surface area contributed by atoms with Gasteiger partial charge in [-0.05, 0) is 33.6 Å². The van der Waals surface area contributed by atoms with E-state index in [9.17, 15) is 9.59 Å². The molecule has 172 valence electrons. The van der Waals surface area contributed by atoms with Crippen molar-refractivity contribution in [2.75, 3.05) is 0 Å². The first-order valence-corrected chi connectivity index (χ1v) is 12.2. The Labute approximate surface area is 180 Å². The number of rotatable bonds is 18. The number of amides is 1. The topological polar surface area (TPSA) is 69.4 Å². The largest absolute Gasteiger partial charge is 0.459 e. The SMILES string of the molecule is CCCCCCCCCCCCCCCC(CCC)(C(N)=O)C(=O)OC(C)(C)C. The molecule has 0 aliphatic carbocycles. The molecule has 0 aromatic heterocycles.